The Bertz CT molecular complexity index is 244. The molecule has 1 heterocycles. The molecule has 1 unspecified atom stereocenters. The lowest BCUT2D eigenvalue weighted by Gasteiger charge is -2.11. The minimum Gasteiger partial charge on any atom is -0.392 e. The summed E-state index contributed by atoms with van der Waals surface area (Å²) >= 11 is 0. The van der Waals surface area contributed by atoms with Crippen LogP contribution in [0, 0.1) is 0 Å². The minimum atomic E-state index is -0.301. The average molecular weight is 182 g/mol. The molecule has 1 rings (SSSR count). The third-order valence-electron chi connectivity index (χ3n) is 2.15. The number of imidazole rings is 1. The van der Waals surface area contributed by atoms with E-state index in [2.05, 4.69) is 23.4 Å². The van der Waals surface area contributed by atoms with Crippen LogP contribution in [0.15, 0.2) is 6.20 Å². The molecule has 0 aromatic carbocycles. The van der Waals surface area contributed by atoms with E-state index >= 15 is 0 Å². The summed E-state index contributed by atoms with van der Waals surface area (Å²) in [7, 11) is 0. The van der Waals surface area contributed by atoms with Crippen LogP contribution in [-0.4, -0.2) is 20.8 Å². The molecule has 3 heteroatoms. The Labute approximate surface area is 79.4 Å². The first-order valence-corrected chi connectivity index (χ1v) is 4.90. The molecule has 0 saturated carbocycles. The van der Waals surface area contributed by atoms with Crippen LogP contribution < -0.4 is 0 Å². The van der Waals surface area contributed by atoms with Crippen molar-refractivity contribution in [3.63, 3.8) is 0 Å². The molecule has 1 aromatic rings. The quantitative estimate of drug-likeness (QED) is 0.764. The first kappa shape index (κ1) is 10.3. The number of hydrogen-bond acceptors (Lipinski definition) is 2. The van der Waals surface area contributed by atoms with Gasteiger partial charge in [0.2, 0.25) is 0 Å². The number of aromatic nitrogens is 2. The molecule has 0 amide bonds. The van der Waals surface area contributed by atoms with Crippen molar-refractivity contribution in [2.45, 2.75) is 46.3 Å². The average Bonchev–Trinajstić information content (AvgIpc) is 2.46. The molecule has 0 bridgehead atoms. The maximum absolute atomic E-state index is 9.32. The van der Waals surface area contributed by atoms with Gasteiger partial charge in [-0.2, -0.15) is 0 Å². The Hall–Kier alpha value is -0.830. The van der Waals surface area contributed by atoms with Crippen LogP contribution in [0.5, 0.6) is 0 Å². The molecular weight excluding hydrogens is 164 g/mol. The molecule has 0 radical (unpaired) electrons. The highest BCUT2D eigenvalue weighted by Gasteiger charge is 2.08. The molecule has 0 saturated heterocycles. The van der Waals surface area contributed by atoms with Gasteiger partial charge in [0.1, 0.15) is 5.82 Å². The molecule has 13 heavy (non-hydrogen) atoms. The van der Waals surface area contributed by atoms with Gasteiger partial charge in [-0.1, -0.05) is 13.8 Å². The standard InChI is InChI=1S/C10H18N2O/c1-4-9-6-11-10(5-2)12(9)7-8(3)13/h6,8,13H,4-5,7H2,1-3H3. The van der Waals surface area contributed by atoms with Crippen molar-refractivity contribution in [2.24, 2.45) is 0 Å². The zero-order valence-corrected chi connectivity index (χ0v) is 8.62. The maximum atomic E-state index is 9.32. The molecule has 1 aromatic heterocycles. The van der Waals surface area contributed by atoms with Gasteiger partial charge in [-0.15, -0.1) is 0 Å². The largest absolute Gasteiger partial charge is 0.392 e. The Morgan fingerprint density at radius 2 is 2.15 bits per heavy atom. The first-order valence-electron chi connectivity index (χ1n) is 4.90. The van der Waals surface area contributed by atoms with Gasteiger partial charge in [0, 0.05) is 24.9 Å². The predicted molar refractivity (Wildman–Crippen MR) is 52.7 cm³/mol. The van der Waals surface area contributed by atoms with E-state index in [-0.39, 0.29) is 6.10 Å². The third-order valence-corrected chi connectivity index (χ3v) is 2.15. The second kappa shape index (κ2) is 4.42. The lowest BCUT2D eigenvalue weighted by Crippen LogP contribution is -2.16. The van der Waals surface area contributed by atoms with Crippen LogP contribution in [0.25, 0.3) is 0 Å². The molecule has 74 valence electrons. The zero-order chi connectivity index (χ0) is 9.84. The summed E-state index contributed by atoms with van der Waals surface area (Å²) in [6, 6.07) is 0. The molecule has 0 fully saturated rings. The topological polar surface area (TPSA) is 38.0 Å². The monoisotopic (exact) mass is 182 g/mol. The summed E-state index contributed by atoms with van der Waals surface area (Å²) in [4.78, 5) is 4.31. The van der Waals surface area contributed by atoms with E-state index in [0.29, 0.717) is 6.54 Å². The third kappa shape index (κ3) is 2.31. The van der Waals surface area contributed by atoms with E-state index in [1.54, 1.807) is 6.92 Å². The van der Waals surface area contributed by atoms with Crippen LogP contribution in [0.4, 0.5) is 0 Å². The van der Waals surface area contributed by atoms with Crippen molar-refractivity contribution < 1.29 is 5.11 Å². The molecule has 0 aliphatic rings. The number of hydrogen-bond donors (Lipinski definition) is 1. The first-order chi connectivity index (χ1) is 6.19. The number of aliphatic hydroxyl groups is 1. The lowest BCUT2D eigenvalue weighted by molar-refractivity contribution is 0.171. The summed E-state index contributed by atoms with van der Waals surface area (Å²) in [5.41, 5.74) is 1.21. The van der Waals surface area contributed by atoms with Gasteiger partial charge >= 0.3 is 0 Å². The van der Waals surface area contributed by atoms with Crippen LogP contribution in [0.3, 0.4) is 0 Å². The van der Waals surface area contributed by atoms with Gasteiger partial charge < -0.3 is 9.67 Å². The number of aryl methyl sites for hydroxylation is 2. The van der Waals surface area contributed by atoms with Crippen molar-refractivity contribution in [3.05, 3.63) is 17.7 Å². The lowest BCUT2D eigenvalue weighted by atomic mass is 10.3. The molecule has 1 N–H and O–H groups in total. The highest BCUT2D eigenvalue weighted by atomic mass is 16.3. The Kier molecular flexibility index (Phi) is 3.48. The SMILES string of the molecule is CCc1cnc(CC)n1CC(C)O. The van der Waals surface area contributed by atoms with Gasteiger partial charge in [-0.3, -0.25) is 0 Å². The van der Waals surface area contributed by atoms with Gasteiger partial charge in [0.25, 0.3) is 0 Å². The molecule has 0 aliphatic heterocycles. The van der Waals surface area contributed by atoms with Gasteiger partial charge in [0.15, 0.2) is 0 Å². The van der Waals surface area contributed by atoms with E-state index < -0.39 is 0 Å². The predicted octanol–water partition coefficient (Wildman–Crippen LogP) is 1.39. The summed E-state index contributed by atoms with van der Waals surface area (Å²) in [6.45, 7) is 6.65. The fourth-order valence-electron chi connectivity index (χ4n) is 1.51. The van der Waals surface area contributed by atoms with E-state index in [4.69, 9.17) is 0 Å². The highest BCUT2D eigenvalue weighted by Crippen LogP contribution is 2.08. The summed E-state index contributed by atoms with van der Waals surface area (Å²) in [6.07, 6.45) is 3.50. The fourth-order valence-corrected chi connectivity index (χ4v) is 1.51. The van der Waals surface area contributed by atoms with Crippen LogP contribution in [-0.2, 0) is 19.4 Å². The van der Waals surface area contributed by atoms with Gasteiger partial charge in [-0.25, -0.2) is 4.98 Å². The Balaban J connectivity index is 2.91. The van der Waals surface area contributed by atoms with Crippen molar-refractivity contribution >= 4 is 0 Å². The Morgan fingerprint density at radius 3 is 2.62 bits per heavy atom. The maximum Gasteiger partial charge on any atom is 0.108 e. The summed E-state index contributed by atoms with van der Waals surface area (Å²) < 4.78 is 2.12. The fraction of sp³-hybridized carbons (Fsp3) is 0.700. The molecule has 0 spiro atoms. The molecule has 0 aliphatic carbocycles. The van der Waals surface area contributed by atoms with Gasteiger partial charge in [-0.05, 0) is 13.3 Å². The van der Waals surface area contributed by atoms with Crippen molar-refractivity contribution in [1.82, 2.24) is 9.55 Å². The normalized spacial score (nSPS) is 13.2. The summed E-state index contributed by atoms with van der Waals surface area (Å²) in [5, 5.41) is 9.32. The van der Waals surface area contributed by atoms with Crippen LogP contribution >= 0.6 is 0 Å². The number of rotatable bonds is 4. The van der Waals surface area contributed by atoms with Crippen LogP contribution in [0.2, 0.25) is 0 Å². The second-order valence-electron chi connectivity index (χ2n) is 3.33. The number of nitrogens with zero attached hydrogens (tertiary/aromatic N) is 2. The summed E-state index contributed by atoms with van der Waals surface area (Å²) in [5.74, 6) is 1.07. The van der Waals surface area contributed by atoms with E-state index in [9.17, 15) is 5.11 Å². The smallest absolute Gasteiger partial charge is 0.108 e. The zero-order valence-electron chi connectivity index (χ0n) is 8.62. The number of aliphatic hydroxyl groups excluding tert-OH is 1. The molecule has 1 atom stereocenters. The molecule has 3 nitrogen and oxygen atoms in total. The second-order valence-corrected chi connectivity index (χ2v) is 3.33. The van der Waals surface area contributed by atoms with Crippen LogP contribution in [0.1, 0.15) is 32.3 Å². The van der Waals surface area contributed by atoms with Crippen molar-refractivity contribution in [1.29, 1.82) is 0 Å². The Morgan fingerprint density at radius 1 is 1.46 bits per heavy atom. The van der Waals surface area contributed by atoms with E-state index in [0.717, 1.165) is 18.7 Å². The van der Waals surface area contributed by atoms with E-state index in [1.807, 2.05) is 6.20 Å². The molecular formula is C10H18N2O. The minimum absolute atomic E-state index is 0.301. The van der Waals surface area contributed by atoms with Gasteiger partial charge in [0.05, 0.1) is 6.10 Å². The van der Waals surface area contributed by atoms with Crippen molar-refractivity contribution in [3.8, 4) is 0 Å². The highest BCUT2D eigenvalue weighted by molar-refractivity contribution is 5.05. The van der Waals surface area contributed by atoms with Crippen molar-refractivity contribution in [2.75, 3.05) is 0 Å². The van der Waals surface area contributed by atoms with E-state index in [1.165, 1.54) is 5.69 Å².